The Labute approximate surface area is 171 Å². The van der Waals surface area contributed by atoms with E-state index < -0.39 is 5.97 Å². The summed E-state index contributed by atoms with van der Waals surface area (Å²) in [7, 11) is 0. The van der Waals surface area contributed by atoms with Gasteiger partial charge in [-0.2, -0.15) is 0 Å². The molecule has 0 spiro atoms. The molecule has 4 rings (SSSR count). The predicted molar refractivity (Wildman–Crippen MR) is 114 cm³/mol. The number of nitrogens with zero attached hydrogens (tertiary/aromatic N) is 2. The number of aryl methyl sites for hydroxylation is 2. The number of carbonyl (C=O) groups is 1. The van der Waals surface area contributed by atoms with Crippen LogP contribution in [0.3, 0.4) is 0 Å². The highest BCUT2D eigenvalue weighted by molar-refractivity contribution is 7.09. The van der Waals surface area contributed by atoms with E-state index in [0.717, 1.165) is 23.5 Å². The van der Waals surface area contributed by atoms with Gasteiger partial charge in [-0.05, 0) is 49.9 Å². The standard InChI is InChI=1S/C22H21N3O3S/c1-13-6-4-8-17-20(13)23-19(24-21(17)26)12-28-22(27)18-10-14(2)25(15(18)3)11-16-7-5-9-29-16/h4-10H,11-12H2,1-3H3,(H,23,24,26). The second-order valence-corrected chi connectivity index (χ2v) is 8.04. The van der Waals surface area contributed by atoms with E-state index in [1.807, 2.05) is 50.4 Å². The molecule has 0 unspecified atom stereocenters. The summed E-state index contributed by atoms with van der Waals surface area (Å²) in [4.78, 5) is 33.3. The first kappa shape index (κ1) is 19.1. The molecule has 3 heterocycles. The van der Waals surface area contributed by atoms with Crippen LogP contribution in [0.5, 0.6) is 0 Å². The van der Waals surface area contributed by atoms with Gasteiger partial charge in [0.1, 0.15) is 12.4 Å². The normalized spacial score (nSPS) is 11.1. The molecular formula is C22H21N3O3S. The van der Waals surface area contributed by atoms with Gasteiger partial charge in [0, 0.05) is 16.3 Å². The number of aromatic nitrogens is 3. The molecule has 0 amide bonds. The van der Waals surface area contributed by atoms with Crippen LogP contribution in [0.4, 0.5) is 0 Å². The SMILES string of the molecule is Cc1cccc2c(=O)[nH]c(COC(=O)c3cc(C)n(Cc4cccs4)c3C)nc12. The van der Waals surface area contributed by atoms with Crippen molar-refractivity contribution in [2.75, 3.05) is 0 Å². The quantitative estimate of drug-likeness (QED) is 0.505. The molecule has 0 fully saturated rings. The number of H-pyrrole nitrogens is 1. The molecule has 148 valence electrons. The number of fused-ring (bicyclic) bond motifs is 1. The molecule has 7 heteroatoms. The molecule has 0 saturated carbocycles. The Morgan fingerprint density at radius 1 is 1.21 bits per heavy atom. The Kier molecular flexibility index (Phi) is 5.07. The van der Waals surface area contributed by atoms with E-state index in [2.05, 4.69) is 20.6 Å². The highest BCUT2D eigenvalue weighted by Crippen LogP contribution is 2.20. The third-order valence-corrected chi connectivity index (χ3v) is 5.88. The van der Waals surface area contributed by atoms with Crippen molar-refractivity contribution >= 4 is 28.2 Å². The third kappa shape index (κ3) is 3.73. The van der Waals surface area contributed by atoms with Gasteiger partial charge in [0.25, 0.3) is 5.56 Å². The van der Waals surface area contributed by atoms with Gasteiger partial charge in [-0.1, -0.05) is 18.2 Å². The summed E-state index contributed by atoms with van der Waals surface area (Å²) in [5.74, 6) is -0.0967. The lowest BCUT2D eigenvalue weighted by Crippen LogP contribution is -2.15. The van der Waals surface area contributed by atoms with E-state index >= 15 is 0 Å². The van der Waals surface area contributed by atoms with Crippen LogP contribution in [0.2, 0.25) is 0 Å². The first-order chi connectivity index (χ1) is 13.9. The van der Waals surface area contributed by atoms with Crippen LogP contribution in [0.1, 0.15) is 38.0 Å². The molecular weight excluding hydrogens is 386 g/mol. The second kappa shape index (κ2) is 7.67. The molecule has 3 aromatic heterocycles. The number of thiophene rings is 1. The van der Waals surface area contributed by atoms with Crippen LogP contribution in [0.15, 0.2) is 46.6 Å². The van der Waals surface area contributed by atoms with Crippen LogP contribution >= 0.6 is 11.3 Å². The lowest BCUT2D eigenvalue weighted by molar-refractivity contribution is 0.0461. The van der Waals surface area contributed by atoms with Crippen molar-refractivity contribution in [1.82, 2.24) is 14.5 Å². The minimum atomic E-state index is -0.428. The van der Waals surface area contributed by atoms with Gasteiger partial charge in [0.15, 0.2) is 0 Å². The maximum absolute atomic E-state index is 12.7. The van der Waals surface area contributed by atoms with Crippen LogP contribution in [-0.2, 0) is 17.9 Å². The fraction of sp³-hybridized carbons (Fsp3) is 0.227. The molecule has 1 N–H and O–H groups in total. The van der Waals surface area contributed by atoms with Crippen molar-refractivity contribution in [3.63, 3.8) is 0 Å². The molecule has 0 aliphatic carbocycles. The number of carbonyl (C=O) groups excluding carboxylic acids is 1. The minimum Gasteiger partial charge on any atom is -0.454 e. The molecule has 4 aromatic rings. The van der Waals surface area contributed by atoms with Crippen LogP contribution in [0.25, 0.3) is 10.9 Å². The number of para-hydroxylation sites is 1. The topological polar surface area (TPSA) is 77.0 Å². The zero-order valence-corrected chi connectivity index (χ0v) is 17.3. The van der Waals surface area contributed by atoms with Crippen molar-refractivity contribution in [2.24, 2.45) is 0 Å². The van der Waals surface area contributed by atoms with E-state index in [-0.39, 0.29) is 12.2 Å². The highest BCUT2D eigenvalue weighted by Gasteiger charge is 2.18. The van der Waals surface area contributed by atoms with E-state index in [1.165, 1.54) is 4.88 Å². The van der Waals surface area contributed by atoms with Gasteiger partial charge in [0.2, 0.25) is 0 Å². The molecule has 0 bridgehead atoms. The van der Waals surface area contributed by atoms with Crippen LogP contribution in [0, 0.1) is 20.8 Å². The van der Waals surface area contributed by atoms with E-state index in [0.29, 0.717) is 22.3 Å². The van der Waals surface area contributed by atoms with E-state index in [9.17, 15) is 9.59 Å². The van der Waals surface area contributed by atoms with E-state index in [4.69, 9.17) is 4.74 Å². The summed E-state index contributed by atoms with van der Waals surface area (Å²) in [6.07, 6.45) is 0. The fourth-order valence-electron chi connectivity index (χ4n) is 3.44. The van der Waals surface area contributed by atoms with Crippen molar-refractivity contribution in [1.29, 1.82) is 0 Å². The number of hydrogen-bond acceptors (Lipinski definition) is 5. The second-order valence-electron chi connectivity index (χ2n) is 7.01. The van der Waals surface area contributed by atoms with Gasteiger partial charge in [0.05, 0.1) is 23.0 Å². The maximum atomic E-state index is 12.7. The number of rotatable bonds is 5. The molecule has 6 nitrogen and oxygen atoms in total. The predicted octanol–water partition coefficient (Wildman–Crippen LogP) is 4.12. The van der Waals surface area contributed by atoms with Crippen molar-refractivity contribution in [3.05, 3.63) is 85.3 Å². The van der Waals surface area contributed by atoms with Crippen LogP contribution in [-0.4, -0.2) is 20.5 Å². The number of nitrogens with one attached hydrogen (secondary N) is 1. The fourth-order valence-corrected chi connectivity index (χ4v) is 4.13. The minimum absolute atomic E-state index is 0.0903. The van der Waals surface area contributed by atoms with Gasteiger partial charge in [-0.25, -0.2) is 9.78 Å². The summed E-state index contributed by atoms with van der Waals surface area (Å²) < 4.78 is 7.56. The molecule has 0 aliphatic heterocycles. The van der Waals surface area contributed by atoms with Gasteiger partial charge in [-0.3, -0.25) is 4.79 Å². The Morgan fingerprint density at radius 3 is 2.79 bits per heavy atom. The summed E-state index contributed by atoms with van der Waals surface area (Å²) in [5.41, 5.74) is 3.67. The summed E-state index contributed by atoms with van der Waals surface area (Å²) in [5, 5.41) is 2.56. The van der Waals surface area contributed by atoms with Crippen molar-refractivity contribution in [3.8, 4) is 0 Å². The summed E-state index contributed by atoms with van der Waals surface area (Å²) in [6, 6.07) is 11.4. The molecule has 0 radical (unpaired) electrons. The molecule has 1 aromatic carbocycles. The van der Waals surface area contributed by atoms with Gasteiger partial charge >= 0.3 is 5.97 Å². The largest absolute Gasteiger partial charge is 0.454 e. The summed E-state index contributed by atoms with van der Waals surface area (Å²) >= 11 is 1.68. The Hall–Kier alpha value is -3.19. The van der Waals surface area contributed by atoms with Crippen LogP contribution < -0.4 is 5.56 Å². The third-order valence-electron chi connectivity index (χ3n) is 5.01. The first-order valence-electron chi connectivity index (χ1n) is 9.29. The maximum Gasteiger partial charge on any atom is 0.340 e. The molecule has 0 aliphatic rings. The number of benzene rings is 1. The highest BCUT2D eigenvalue weighted by atomic mass is 32.1. The van der Waals surface area contributed by atoms with E-state index in [1.54, 1.807) is 17.4 Å². The first-order valence-corrected chi connectivity index (χ1v) is 10.2. The Bertz CT molecular complexity index is 1250. The summed E-state index contributed by atoms with van der Waals surface area (Å²) in [6.45, 7) is 6.42. The molecule has 0 atom stereocenters. The Morgan fingerprint density at radius 2 is 2.03 bits per heavy atom. The lowest BCUT2D eigenvalue weighted by Gasteiger charge is -2.09. The average molecular weight is 407 g/mol. The lowest BCUT2D eigenvalue weighted by atomic mass is 10.1. The number of esters is 1. The monoisotopic (exact) mass is 407 g/mol. The van der Waals surface area contributed by atoms with Crippen molar-refractivity contribution in [2.45, 2.75) is 33.9 Å². The number of hydrogen-bond donors (Lipinski definition) is 1. The van der Waals surface area contributed by atoms with Gasteiger partial charge in [-0.15, -0.1) is 11.3 Å². The Balaban J connectivity index is 1.54. The number of ether oxygens (including phenoxy) is 1. The molecule has 0 saturated heterocycles. The smallest absolute Gasteiger partial charge is 0.340 e. The molecule has 29 heavy (non-hydrogen) atoms. The zero-order chi connectivity index (χ0) is 20.5. The van der Waals surface area contributed by atoms with Gasteiger partial charge < -0.3 is 14.3 Å². The zero-order valence-electron chi connectivity index (χ0n) is 16.5. The van der Waals surface area contributed by atoms with Crippen molar-refractivity contribution < 1.29 is 9.53 Å². The average Bonchev–Trinajstić information content (AvgIpc) is 3.31. The number of aromatic amines is 1.